The highest BCUT2D eigenvalue weighted by Gasteiger charge is 2.45. The van der Waals surface area contributed by atoms with Crippen LogP contribution in [0.3, 0.4) is 0 Å². The number of rotatable bonds is 2. The van der Waals surface area contributed by atoms with Crippen molar-refractivity contribution >= 4 is 17.5 Å². The van der Waals surface area contributed by atoms with Crippen molar-refractivity contribution in [1.82, 2.24) is 15.1 Å². The summed E-state index contributed by atoms with van der Waals surface area (Å²) in [6.45, 7) is 2.47. The van der Waals surface area contributed by atoms with Crippen molar-refractivity contribution in [3.63, 3.8) is 0 Å². The second kappa shape index (κ2) is 7.07. The van der Waals surface area contributed by atoms with Gasteiger partial charge in [0, 0.05) is 44.2 Å². The molecule has 1 saturated carbocycles. The minimum Gasteiger partial charge on any atom is -0.362 e. The monoisotopic (exact) mass is 382 g/mol. The van der Waals surface area contributed by atoms with Crippen LogP contribution in [0, 0.1) is 0 Å². The van der Waals surface area contributed by atoms with Gasteiger partial charge < -0.3 is 15.5 Å². The van der Waals surface area contributed by atoms with Crippen molar-refractivity contribution in [2.45, 2.75) is 69.1 Å². The molecule has 2 N–H and O–H groups in total. The van der Waals surface area contributed by atoms with Gasteiger partial charge in [-0.3, -0.25) is 14.5 Å². The Morgan fingerprint density at radius 2 is 1.71 bits per heavy atom. The third kappa shape index (κ3) is 3.08. The van der Waals surface area contributed by atoms with E-state index in [2.05, 4.69) is 15.5 Å². The van der Waals surface area contributed by atoms with Crippen LogP contribution in [0.15, 0.2) is 24.3 Å². The zero-order chi connectivity index (χ0) is 19.1. The molecule has 1 aromatic rings. The van der Waals surface area contributed by atoms with Gasteiger partial charge in [-0.25, -0.2) is 0 Å². The first-order chi connectivity index (χ1) is 13.7. The Balaban J connectivity index is 1.22. The second-order valence-electron chi connectivity index (χ2n) is 8.87. The van der Waals surface area contributed by atoms with Crippen LogP contribution in [0.2, 0.25) is 0 Å². The molecule has 3 fully saturated rings. The van der Waals surface area contributed by atoms with Gasteiger partial charge in [-0.1, -0.05) is 31.4 Å². The number of likely N-dealkylation sites (tertiary alicyclic amines) is 2. The number of carbonyl (C=O) groups is 2. The van der Waals surface area contributed by atoms with E-state index in [1.165, 1.54) is 32.1 Å². The van der Waals surface area contributed by atoms with Gasteiger partial charge in [0.15, 0.2) is 0 Å². The molecule has 2 saturated heterocycles. The molecule has 2 amide bonds. The van der Waals surface area contributed by atoms with E-state index in [0.29, 0.717) is 30.6 Å². The molecule has 3 aliphatic heterocycles. The number of nitrogens with one attached hydrogen (secondary N) is 2. The van der Waals surface area contributed by atoms with E-state index in [0.717, 1.165) is 31.5 Å². The number of amides is 2. The lowest BCUT2D eigenvalue weighted by atomic mass is 9.88. The predicted molar refractivity (Wildman–Crippen MR) is 108 cm³/mol. The third-order valence-corrected chi connectivity index (χ3v) is 7.22. The molecule has 1 atom stereocenters. The molecular formula is C22H30N4O2. The summed E-state index contributed by atoms with van der Waals surface area (Å²) >= 11 is 0. The van der Waals surface area contributed by atoms with Gasteiger partial charge in [0.05, 0.1) is 11.6 Å². The standard InChI is InChI=1S/C22H30N4O2/c27-20-17-8-4-5-9-18(17)23-22(24-20)11-14-25(15-12-22)21(28)19-10-13-26(19)16-6-2-1-3-7-16/h4-5,8-9,16,19,23H,1-3,6-7,10-15H2,(H,24,27)/t19-/m0/s1. The highest BCUT2D eigenvalue weighted by Crippen LogP contribution is 2.34. The molecule has 1 aliphatic carbocycles. The maximum absolute atomic E-state index is 13.1. The van der Waals surface area contributed by atoms with Gasteiger partial charge >= 0.3 is 0 Å². The highest BCUT2D eigenvalue weighted by atomic mass is 16.2. The molecule has 5 rings (SSSR count). The molecule has 1 spiro atoms. The Hall–Kier alpha value is -2.08. The number of fused-ring (bicyclic) bond motifs is 1. The fourth-order valence-corrected chi connectivity index (χ4v) is 5.46. The van der Waals surface area contributed by atoms with Gasteiger partial charge in [0.1, 0.15) is 5.66 Å². The predicted octanol–water partition coefficient (Wildman–Crippen LogP) is 2.57. The van der Waals surface area contributed by atoms with E-state index in [1.54, 1.807) is 0 Å². The molecule has 1 aromatic carbocycles. The van der Waals surface area contributed by atoms with Crippen LogP contribution in [0.5, 0.6) is 0 Å². The topological polar surface area (TPSA) is 64.7 Å². The van der Waals surface area contributed by atoms with Crippen molar-refractivity contribution < 1.29 is 9.59 Å². The van der Waals surface area contributed by atoms with E-state index in [1.807, 2.05) is 29.2 Å². The molecule has 6 heteroatoms. The smallest absolute Gasteiger partial charge is 0.255 e. The molecule has 3 heterocycles. The SMILES string of the molecule is O=C1NC2(CCN(C(=O)[C@@H]3CCN3C3CCCCC3)CC2)Nc2ccccc21. The average Bonchev–Trinajstić information content (AvgIpc) is 2.68. The van der Waals surface area contributed by atoms with Crippen molar-refractivity contribution in [1.29, 1.82) is 0 Å². The number of hydrogen-bond acceptors (Lipinski definition) is 4. The number of piperidine rings is 1. The van der Waals surface area contributed by atoms with E-state index in [4.69, 9.17) is 0 Å². The summed E-state index contributed by atoms with van der Waals surface area (Å²) in [5.41, 5.74) is 1.17. The lowest BCUT2D eigenvalue weighted by Crippen LogP contribution is -2.65. The Kier molecular flexibility index (Phi) is 4.54. The Morgan fingerprint density at radius 1 is 0.964 bits per heavy atom. The zero-order valence-electron chi connectivity index (χ0n) is 16.5. The van der Waals surface area contributed by atoms with Gasteiger partial charge in [-0.15, -0.1) is 0 Å². The first-order valence-electron chi connectivity index (χ1n) is 10.9. The summed E-state index contributed by atoms with van der Waals surface area (Å²) in [5, 5.41) is 6.71. The zero-order valence-corrected chi connectivity index (χ0v) is 16.5. The lowest BCUT2D eigenvalue weighted by molar-refractivity contribution is -0.145. The first kappa shape index (κ1) is 18.0. The Labute approximate surface area is 166 Å². The number of para-hydroxylation sites is 1. The van der Waals surface area contributed by atoms with Gasteiger partial charge in [-0.05, 0) is 31.4 Å². The lowest BCUT2D eigenvalue weighted by Gasteiger charge is -2.50. The van der Waals surface area contributed by atoms with Crippen LogP contribution in [-0.4, -0.2) is 59.0 Å². The largest absolute Gasteiger partial charge is 0.362 e. The van der Waals surface area contributed by atoms with Crippen LogP contribution < -0.4 is 10.6 Å². The number of nitrogens with zero attached hydrogens (tertiary/aromatic N) is 2. The molecule has 0 bridgehead atoms. The third-order valence-electron chi connectivity index (χ3n) is 7.22. The van der Waals surface area contributed by atoms with E-state index in [9.17, 15) is 9.59 Å². The van der Waals surface area contributed by atoms with Crippen molar-refractivity contribution in [2.24, 2.45) is 0 Å². The molecule has 0 radical (unpaired) electrons. The van der Waals surface area contributed by atoms with Crippen LogP contribution in [-0.2, 0) is 4.79 Å². The fourth-order valence-electron chi connectivity index (χ4n) is 5.46. The molecule has 150 valence electrons. The Bertz CT molecular complexity index is 766. The number of hydrogen-bond donors (Lipinski definition) is 2. The van der Waals surface area contributed by atoms with Crippen molar-refractivity contribution in [3.8, 4) is 0 Å². The van der Waals surface area contributed by atoms with E-state index in [-0.39, 0.29) is 11.9 Å². The quantitative estimate of drug-likeness (QED) is 0.825. The van der Waals surface area contributed by atoms with E-state index < -0.39 is 5.66 Å². The maximum atomic E-state index is 13.1. The van der Waals surface area contributed by atoms with Crippen LogP contribution in [0.25, 0.3) is 0 Å². The van der Waals surface area contributed by atoms with Crippen LogP contribution >= 0.6 is 0 Å². The molecule has 6 nitrogen and oxygen atoms in total. The van der Waals surface area contributed by atoms with E-state index >= 15 is 0 Å². The molecular weight excluding hydrogens is 352 g/mol. The minimum absolute atomic E-state index is 0.0170. The summed E-state index contributed by atoms with van der Waals surface area (Å²) in [7, 11) is 0. The summed E-state index contributed by atoms with van der Waals surface area (Å²) in [6.07, 6.45) is 8.95. The van der Waals surface area contributed by atoms with Crippen LogP contribution in [0.1, 0.15) is 61.7 Å². The second-order valence-corrected chi connectivity index (χ2v) is 8.87. The van der Waals surface area contributed by atoms with Crippen molar-refractivity contribution in [3.05, 3.63) is 29.8 Å². The number of benzene rings is 1. The first-order valence-corrected chi connectivity index (χ1v) is 10.9. The van der Waals surface area contributed by atoms with Gasteiger partial charge in [0.25, 0.3) is 5.91 Å². The summed E-state index contributed by atoms with van der Waals surface area (Å²) < 4.78 is 0. The maximum Gasteiger partial charge on any atom is 0.255 e. The highest BCUT2D eigenvalue weighted by molar-refractivity contribution is 6.02. The van der Waals surface area contributed by atoms with Crippen molar-refractivity contribution in [2.75, 3.05) is 25.0 Å². The molecule has 4 aliphatic rings. The van der Waals surface area contributed by atoms with Gasteiger partial charge in [-0.2, -0.15) is 0 Å². The summed E-state index contributed by atoms with van der Waals surface area (Å²) in [6, 6.07) is 8.35. The molecule has 0 unspecified atom stereocenters. The summed E-state index contributed by atoms with van der Waals surface area (Å²) in [5.74, 6) is 0.283. The molecule has 28 heavy (non-hydrogen) atoms. The minimum atomic E-state index is -0.426. The Morgan fingerprint density at radius 3 is 2.43 bits per heavy atom. The summed E-state index contributed by atoms with van der Waals surface area (Å²) in [4.78, 5) is 30.1. The fraction of sp³-hybridized carbons (Fsp3) is 0.636. The normalized spacial score (nSPS) is 27.5. The van der Waals surface area contributed by atoms with Crippen LogP contribution in [0.4, 0.5) is 5.69 Å². The average molecular weight is 383 g/mol. The number of carbonyl (C=O) groups excluding carboxylic acids is 2. The number of anilines is 1. The molecule has 0 aromatic heterocycles. The van der Waals surface area contributed by atoms with Gasteiger partial charge in [0.2, 0.25) is 5.91 Å².